The topological polar surface area (TPSA) is 57.1 Å². The Morgan fingerprint density at radius 1 is 1.05 bits per heavy atom. The van der Waals surface area contributed by atoms with E-state index in [9.17, 15) is 8.78 Å². The molecule has 19 heavy (non-hydrogen) atoms. The minimum absolute atomic E-state index is 0.0330. The van der Waals surface area contributed by atoms with E-state index in [1.165, 1.54) is 0 Å². The zero-order valence-electron chi connectivity index (χ0n) is 9.73. The Labute approximate surface area is 112 Å². The van der Waals surface area contributed by atoms with Crippen molar-refractivity contribution in [3.05, 3.63) is 35.1 Å². The molecule has 0 aliphatic carbocycles. The summed E-state index contributed by atoms with van der Waals surface area (Å²) in [5.41, 5.74) is 0. The van der Waals surface area contributed by atoms with Crippen molar-refractivity contribution in [2.24, 2.45) is 0 Å². The molecular weight excluding hydrogens is 280 g/mol. The van der Waals surface area contributed by atoms with Crippen molar-refractivity contribution in [1.82, 2.24) is 15.0 Å². The normalized spacial score (nSPS) is 10.3. The van der Waals surface area contributed by atoms with Crippen LogP contribution in [0.2, 0.25) is 5.28 Å². The van der Waals surface area contributed by atoms with E-state index in [0.717, 1.165) is 18.2 Å². The van der Waals surface area contributed by atoms with Gasteiger partial charge in [0.15, 0.2) is 0 Å². The van der Waals surface area contributed by atoms with Gasteiger partial charge in [0.25, 0.3) is 0 Å². The Morgan fingerprint density at radius 3 is 2.32 bits per heavy atom. The van der Waals surface area contributed by atoms with Crippen LogP contribution in [0.3, 0.4) is 0 Å². The molecular formula is C11H8ClF2N3O2. The van der Waals surface area contributed by atoms with Gasteiger partial charge in [-0.25, -0.2) is 8.78 Å². The van der Waals surface area contributed by atoms with Gasteiger partial charge in [0.1, 0.15) is 17.4 Å². The van der Waals surface area contributed by atoms with Gasteiger partial charge in [-0.1, -0.05) is 0 Å². The predicted octanol–water partition coefficient (Wildman–Crippen LogP) is 2.99. The molecule has 1 aromatic heterocycles. The van der Waals surface area contributed by atoms with Crippen LogP contribution in [0.1, 0.15) is 6.92 Å². The Balaban J connectivity index is 2.27. The second-order valence-electron chi connectivity index (χ2n) is 3.31. The van der Waals surface area contributed by atoms with Crippen molar-refractivity contribution in [2.75, 3.05) is 6.61 Å². The summed E-state index contributed by atoms with van der Waals surface area (Å²) in [6.07, 6.45) is 0. The van der Waals surface area contributed by atoms with Gasteiger partial charge in [-0.15, -0.1) is 4.98 Å². The lowest BCUT2D eigenvalue weighted by Gasteiger charge is -2.06. The number of rotatable bonds is 4. The number of hydrogen-bond acceptors (Lipinski definition) is 5. The van der Waals surface area contributed by atoms with Crippen LogP contribution in [0.15, 0.2) is 18.2 Å². The Hall–Kier alpha value is -2.02. The zero-order chi connectivity index (χ0) is 13.8. The summed E-state index contributed by atoms with van der Waals surface area (Å²) in [4.78, 5) is 11.1. The fraction of sp³-hybridized carbons (Fsp3) is 0.182. The van der Waals surface area contributed by atoms with E-state index in [-0.39, 0.29) is 23.1 Å². The van der Waals surface area contributed by atoms with Crippen LogP contribution in [-0.4, -0.2) is 21.6 Å². The first kappa shape index (κ1) is 13.4. The van der Waals surface area contributed by atoms with Gasteiger partial charge in [-0.2, -0.15) is 9.97 Å². The Morgan fingerprint density at radius 2 is 1.68 bits per heavy atom. The third-order valence-corrected chi connectivity index (χ3v) is 2.05. The highest BCUT2D eigenvalue weighted by Crippen LogP contribution is 2.22. The molecule has 0 aliphatic rings. The maximum atomic E-state index is 13.0. The molecule has 1 heterocycles. The van der Waals surface area contributed by atoms with Gasteiger partial charge >= 0.3 is 12.0 Å². The SMILES string of the molecule is CCOc1nc(Cl)nc(Oc2cc(F)cc(F)c2)n1. The lowest BCUT2D eigenvalue weighted by Crippen LogP contribution is -2.01. The number of benzene rings is 1. The first-order valence-corrected chi connectivity index (χ1v) is 5.63. The highest BCUT2D eigenvalue weighted by atomic mass is 35.5. The van der Waals surface area contributed by atoms with Gasteiger partial charge in [0, 0.05) is 18.2 Å². The molecule has 8 heteroatoms. The Kier molecular flexibility index (Phi) is 4.06. The quantitative estimate of drug-likeness (QED) is 0.865. The van der Waals surface area contributed by atoms with Crippen LogP contribution in [-0.2, 0) is 0 Å². The number of nitrogens with zero attached hydrogens (tertiary/aromatic N) is 3. The average Bonchev–Trinajstić information content (AvgIpc) is 2.26. The van der Waals surface area contributed by atoms with Crippen LogP contribution in [0.25, 0.3) is 0 Å². The van der Waals surface area contributed by atoms with E-state index in [0.29, 0.717) is 6.61 Å². The number of halogens is 3. The van der Waals surface area contributed by atoms with E-state index in [1.807, 2.05) is 0 Å². The zero-order valence-corrected chi connectivity index (χ0v) is 10.5. The maximum Gasteiger partial charge on any atom is 0.329 e. The fourth-order valence-corrected chi connectivity index (χ4v) is 1.39. The summed E-state index contributed by atoms with van der Waals surface area (Å²) in [7, 11) is 0. The van der Waals surface area contributed by atoms with Gasteiger partial charge in [0.05, 0.1) is 6.61 Å². The van der Waals surface area contributed by atoms with Gasteiger partial charge in [-0.3, -0.25) is 0 Å². The van der Waals surface area contributed by atoms with Crippen molar-refractivity contribution in [2.45, 2.75) is 6.92 Å². The van der Waals surface area contributed by atoms with E-state index >= 15 is 0 Å². The van der Waals surface area contributed by atoms with Crippen molar-refractivity contribution < 1.29 is 18.3 Å². The van der Waals surface area contributed by atoms with Gasteiger partial charge in [0.2, 0.25) is 5.28 Å². The molecule has 2 aromatic rings. The summed E-state index contributed by atoms with van der Waals surface area (Å²) in [6, 6.07) is 2.45. The summed E-state index contributed by atoms with van der Waals surface area (Å²) in [6.45, 7) is 2.06. The van der Waals surface area contributed by atoms with Crippen molar-refractivity contribution in [3.63, 3.8) is 0 Å². The molecule has 0 amide bonds. The molecule has 0 atom stereocenters. The lowest BCUT2D eigenvalue weighted by molar-refractivity contribution is 0.303. The third kappa shape index (κ3) is 3.72. The van der Waals surface area contributed by atoms with E-state index < -0.39 is 11.6 Å². The smallest absolute Gasteiger partial charge is 0.329 e. The molecule has 5 nitrogen and oxygen atoms in total. The van der Waals surface area contributed by atoms with Crippen LogP contribution < -0.4 is 9.47 Å². The second-order valence-corrected chi connectivity index (χ2v) is 3.65. The van der Waals surface area contributed by atoms with Crippen molar-refractivity contribution >= 4 is 11.6 Å². The predicted molar refractivity (Wildman–Crippen MR) is 62.4 cm³/mol. The molecule has 0 N–H and O–H groups in total. The van der Waals surface area contributed by atoms with Crippen molar-refractivity contribution in [3.8, 4) is 17.8 Å². The minimum atomic E-state index is -0.778. The van der Waals surface area contributed by atoms with Gasteiger partial charge < -0.3 is 9.47 Å². The number of aromatic nitrogens is 3. The van der Waals surface area contributed by atoms with E-state index in [4.69, 9.17) is 21.1 Å². The molecule has 100 valence electrons. The van der Waals surface area contributed by atoms with Gasteiger partial charge in [-0.05, 0) is 18.5 Å². The van der Waals surface area contributed by atoms with Crippen LogP contribution in [0.5, 0.6) is 17.8 Å². The lowest BCUT2D eigenvalue weighted by atomic mass is 10.3. The molecule has 2 rings (SSSR count). The van der Waals surface area contributed by atoms with Crippen LogP contribution >= 0.6 is 11.6 Å². The molecule has 0 saturated heterocycles. The summed E-state index contributed by atoms with van der Waals surface area (Å²) >= 11 is 5.64. The standard InChI is InChI=1S/C11H8ClF2N3O2/c1-2-18-10-15-9(12)16-11(17-10)19-8-4-6(13)3-7(14)5-8/h3-5H,2H2,1H3. The molecule has 1 aromatic carbocycles. The monoisotopic (exact) mass is 287 g/mol. The number of ether oxygens (including phenoxy) is 2. The highest BCUT2D eigenvalue weighted by Gasteiger charge is 2.09. The van der Waals surface area contributed by atoms with E-state index in [2.05, 4.69) is 15.0 Å². The highest BCUT2D eigenvalue weighted by molar-refractivity contribution is 6.28. The Bertz CT molecular complexity index is 578. The van der Waals surface area contributed by atoms with Crippen molar-refractivity contribution in [1.29, 1.82) is 0 Å². The summed E-state index contributed by atoms with van der Waals surface area (Å²) in [5.74, 6) is -1.65. The molecule has 0 bridgehead atoms. The molecule has 0 radical (unpaired) electrons. The summed E-state index contributed by atoms with van der Waals surface area (Å²) < 4.78 is 36.1. The third-order valence-electron chi connectivity index (χ3n) is 1.89. The molecule has 0 fully saturated rings. The van der Waals surface area contributed by atoms with Crippen LogP contribution in [0, 0.1) is 11.6 Å². The summed E-state index contributed by atoms with van der Waals surface area (Å²) in [5, 5.41) is -0.148. The minimum Gasteiger partial charge on any atom is -0.464 e. The number of hydrogen-bond donors (Lipinski definition) is 0. The molecule has 0 saturated carbocycles. The molecule has 0 unspecified atom stereocenters. The fourth-order valence-electron chi connectivity index (χ4n) is 1.25. The first-order valence-electron chi connectivity index (χ1n) is 5.25. The maximum absolute atomic E-state index is 13.0. The van der Waals surface area contributed by atoms with E-state index in [1.54, 1.807) is 6.92 Å². The second kappa shape index (κ2) is 5.75. The van der Waals surface area contributed by atoms with Crippen LogP contribution in [0.4, 0.5) is 8.78 Å². The first-order chi connectivity index (χ1) is 9.06. The average molecular weight is 288 g/mol. The molecule has 0 aliphatic heterocycles. The largest absolute Gasteiger partial charge is 0.464 e. The molecule has 0 spiro atoms.